The van der Waals surface area contributed by atoms with Gasteiger partial charge in [0, 0.05) is 30.2 Å². The highest BCUT2D eigenvalue weighted by Crippen LogP contribution is 2.22. The van der Waals surface area contributed by atoms with Crippen LogP contribution < -0.4 is 5.32 Å². The van der Waals surface area contributed by atoms with E-state index in [0.29, 0.717) is 6.04 Å². The quantitative estimate of drug-likeness (QED) is 0.879. The van der Waals surface area contributed by atoms with Crippen molar-refractivity contribution >= 4 is 35.7 Å². The molecule has 2 aromatic rings. The Morgan fingerprint density at radius 3 is 2.74 bits per heavy atom. The molecule has 1 aliphatic rings. The van der Waals surface area contributed by atoms with E-state index in [2.05, 4.69) is 59.4 Å². The average molecular weight is 356 g/mol. The molecule has 3 rings (SSSR count). The Balaban J connectivity index is 0.00000132. The number of nitrogens with one attached hydrogen (secondary N) is 1. The number of rotatable bonds is 5. The van der Waals surface area contributed by atoms with Gasteiger partial charge in [-0.05, 0) is 50.6 Å². The molecular formula is C18H27Cl2N3. The van der Waals surface area contributed by atoms with Crippen molar-refractivity contribution in [3.8, 4) is 0 Å². The number of halogens is 2. The molecule has 1 unspecified atom stereocenters. The van der Waals surface area contributed by atoms with Crippen molar-refractivity contribution in [3.63, 3.8) is 0 Å². The van der Waals surface area contributed by atoms with Crippen molar-refractivity contribution in [2.24, 2.45) is 0 Å². The first-order valence-corrected chi connectivity index (χ1v) is 8.08. The highest BCUT2D eigenvalue weighted by atomic mass is 35.5. The number of pyridine rings is 1. The molecule has 1 aliphatic heterocycles. The second-order valence-corrected chi connectivity index (χ2v) is 6.06. The predicted molar refractivity (Wildman–Crippen MR) is 103 cm³/mol. The lowest BCUT2D eigenvalue weighted by molar-refractivity contribution is 0.200. The van der Waals surface area contributed by atoms with Gasteiger partial charge in [0.05, 0.1) is 5.52 Å². The van der Waals surface area contributed by atoms with E-state index in [0.717, 1.165) is 30.8 Å². The standard InChI is InChI=1S/C18H25N3.2ClH/c1-3-10-21(16-8-9-19-12-16)13-15-11-14(2)20-18-7-5-4-6-17(15)18;;/h4-7,11,16,19H,3,8-10,12-13H2,1-2H3;2*1H. The van der Waals surface area contributed by atoms with Crippen molar-refractivity contribution < 1.29 is 0 Å². The highest BCUT2D eigenvalue weighted by molar-refractivity contribution is 5.85. The molecule has 0 saturated carbocycles. The predicted octanol–water partition coefficient (Wildman–Crippen LogP) is 3.96. The molecule has 1 N–H and O–H groups in total. The van der Waals surface area contributed by atoms with Crippen LogP contribution in [0.2, 0.25) is 0 Å². The zero-order valence-electron chi connectivity index (χ0n) is 13.9. The summed E-state index contributed by atoms with van der Waals surface area (Å²) in [6.45, 7) is 8.84. The topological polar surface area (TPSA) is 28.2 Å². The molecule has 1 saturated heterocycles. The third-order valence-electron chi connectivity index (χ3n) is 4.36. The summed E-state index contributed by atoms with van der Waals surface area (Å²) < 4.78 is 0. The Hall–Kier alpha value is -0.870. The molecule has 128 valence electrons. The first-order chi connectivity index (χ1) is 10.3. The number of aryl methyl sites for hydroxylation is 1. The number of benzene rings is 1. The van der Waals surface area contributed by atoms with Crippen LogP contribution in [0.3, 0.4) is 0 Å². The van der Waals surface area contributed by atoms with Crippen LogP contribution >= 0.6 is 24.8 Å². The number of hydrogen-bond donors (Lipinski definition) is 1. The number of aromatic nitrogens is 1. The summed E-state index contributed by atoms with van der Waals surface area (Å²) in [4.78, 5) is 7.30. The number of para-hydroxylation sites is 1. The number of hydrogen-bond acceptors (Lipinski definition) is 3. The largest absolute Gasteiger partial charge is 0.315 e. The van der Waals surface area contributed by atoms with Crippen LogP contribution in [0.5, 0.6) is 0 Å². The third kappa shape index (κ3) is 4.80. The van der Waals surface area contributed by atoms with Gasteiger partial charge < -0.3 is 5.32 Å². The van der Waals surface area contributed by atoms with Crippen LogP contribution in [-0.4, -0.2) is 35.6 Å². The van der Waals surface area contributed by atoms with Crippen LogP contribution in [0.25, 0.3) is 10.9 Å². The Bertz CT molecular complexity index is 612. The zero-order chi connectivity index (χ0) is 14.7. The summed E-state index contributed by atoms with van der Waals surface area (Å²) >= 11 is 0. The molecular weight excluding hydrogens is 329 g/mol. The molecule has 0 radical (unpaired) electrons. The Kier molecular flexibility index (Phi) is 8.27. The SMILES string of the molecule is CCCN(Cc1cc(C)nc2ccccc12)C1CCNC1.Cl.Cl. The lowest BCUT2D eigenvalue weighted by atomic mass is 10.1. The molecule has 0 aliphatic carbocycles. The second-order valence-electron chi connectivity index (χ2n) is 6.06. The minimum Gasteiger partial charge on any atom is -0.315 e. The van der Waals surface area contributed by atoms with E-state index >= 15 is 0 Å². The maximum atomic E-state index is 4.66. The first kappa shape index (κ1) is 20.2. The van der Waals surface area contributed by atoms with Crippen molar-refractivity contribution in [1.29, 1.82) is 0 Å². The van der Waals surface area contributed by atoms with Crippen molar-refractivity contribution in [2.75, 3.05) is 19.6 Å². The molecule has 5 heteroatoms. The smallest absolute Gasteiger partial charge is 0.0708 e. The minimum atomic E-state index is 0. The summed E-state index contributed by atoms with van der Waals surface area (Å²) in [6.07, 6.45) is 2.47. The van der Waals surface area contributed by atoms with Crippen molar-refractivity contribution in [2.45, 2.75) is 39.3 Å². The van der Waals surface area contributed by atoms with Gasteiger partial charge in [0.1, 0.15) is 0 Å². The number of nitrogens with zero attached hydrogens (tertiary/aromatic N) is 2. The fourth-order valence-electron chi connectivity index (χ4n) is 3.37. The van der Waals surface area contributed by atoms with Crippen LogP contribution in [0.15, 0.2) is 30.3 Å². The van der Waals surface area contributed by atoms with E-state index in [1.165, 1.54) is 30.3 Å². The first-order valence-electron chi connectivity index (χ1n) is 8.08. The number of fused-ring (bicyclic) bond motifs is 1. The van der Waals surface area contributed by atoms with Crippen LogP contribution in [0.4, 0.5) is 0 Å². The second kappa shape index (κ2) is 9.43. The van der Waals surface area contributed by atoms with Crippen LogP contribution in [0, 0.1) is 6.92 Å². The van der Waals surface area contributed by atoms with Crippen LogP contribution in [-0.2, 0) is 6.54 Å². The van der Waals surface area contributed by atoms with Crippen LogP contribution in [0.1, 0.15) is 31.0 Å². The molecule has 23 heavy (non-hydrogen) atoms. The summed E-state index contributed by atoms with van der Waals surface area (Å²) in [6, 6.07) is 11.4. The Morgan fingerprint density at radius 2 is 2.04 bits per heavy atom. The molecule has 2 heterocycles. The summed E-state index contributed by atoms with van der Waals surface area (Å²) in [5.41, 5.74) is 3.65. The van der Waals surface area contributed by atoms with Crippen molar-refractivity contribution in [3.05, 3.63) is 41.6 Å². The van der Waals surface area contributed by atoms with E-state index in [1.807, 2.05) is 0 Å². The van der Waals surface area contributed by atoms with Gasteiger partial charge in [-0.15, -0.1) is 24.8 Å². The van der Waals surface area contributed by atoms with E-state index in [1.54, 1.807) is 0 Å². The maximum Gasteiger partial charge on any atom is 0.0708 e. The van der Waals surface area contributed by atoms with E-state index in [4.69, 9.17) is 0 Å². The zero-order valence-corrected chi connectivity index (χ0v) is 15.6. The van der Waals surface area contributed by atoms with Gasteiger partial charge in [0.15, 0.2) is 0 Å². The van der Waals surface area contributed by atoms with E-state index in [9.17, 15) is 0 Å². The fourth-order valence-corrected chi connectivity index (χ4v) is 3.37. The molecule has 0 bridgehead atoms. The van der Waals surface area contributed by atoms with Gasteiger partial charge >= 0.3 is 0 Å². The molecule has 1 fully saturated rings. The molecule has 3 nitrogen and oxygen atoms in total. The van der Waals surface area contributed by atoms with Crippen molar-refractivity contribution in [1.82, 2.24) is 15.2 Å². The summed E-state index contributed by atoms with van der Waals surface area (Å²) in [5.74, 6) is 0. The normalized spacial score (nSPS) is 17.1. The summed E-state index contributed by atoms with van der Waals surface area (Å²) in [5, 5.41) is 4.79. The van der Waals surface area contributed by atoms with Gasteiger partial charge in [0.25, 0.3) is 0 Å². The van der Waals surface area contributed by atoms with Gasteiger partial charge in [-0.25, -0.2) is 0 Å². The Labute approximate surface area is 151 Å². The Morgan fingerprint density at radius 1 is 1.26 bits per heavy atom. The average Bonchev–Trinajstić information content (AvgIpc) is 3.00. The molecule has 1 aromatic heterocycles. The molecule has 0 amide bonds. The molecule has 1 aromatic carbocycles. The van der Waals surface area contributed by atoms with Gasteiger partial charge in [-0.1, -0.05) is 25.1 Å². The third-order valence-corrected chi connectivity index (χ3v) is 4.36. The monoisotopic (exact) mass is 355 g/mol. The maximum absolute atomic E-state index is 4.66. The lowest BCUT2D eigenvalue weighted by Crippen LogP contribution is -2.37. The molecule has 1 atom stereocenters. The van der Waals surface area contributed by atoms with Gasteiger partial charge in [0.2, 0.25) is 0 Å². The van der Waals surface area contributed by atoms with E-state index < -0.39 is 0 Å². The molecule has 0 spiro atoms. The van der Waals surface area contributed by atoms with E-state index in [-0.39, 0.29) is 24.8 Å². The highest BCUT2D eigenvalue weighted by Gasteiger charge is 2.22. The lowest BCUT2D eigenvalue weighted by Gasteiger charge is -2.28. The summed E-state index contributed by atoms with van der Waals surface area (Å²) in [7, 11) is 0. The minimum absolute atomic E-state index is 0. The fraction of sp³-hybridized carbons (Fsp3) is 0.500. The van der Waals surface area contributed by atoms with Gasteiger partial charge in [-0.2, -0.15) is 0 Å². The van der Waals surface area contributed by atoms with Gasteiger partial charge in [-0.3, -0.25) is 9.88 Å².